The summed E-state index contributed by atoms with van der Waals surface area (Å²) < 4.78 is 36.9. The largest absolute Gasteiger partial charge is 0.472 e. The fourth-order valence-corrected chi connectivity index (χ4v) is 10.1. The molecule has 4 fully saturated rings. The maximum absolute atomic E-state index is 13.5. The van der Waals surface area contributed by atoms with Crippen LogP contribution in [0.5, 0.6) is 0 Å². The van der Waals surface area contributed by atoms with Crippen molar-refractivity contribution in [3.63, 3.8) is 0 Å². The number of hydrogen-bond acceptors (Lipinski definition) is 9. The SMILES string of the molecule is CCC(C)C(=O)O[C@H]1C[C@@H](OC(C)=O)[C@@]2(C)CO[C@H]3[C@H]4O[C@@H]5C[C@@H](c6ccoc6)C(C)=C5[C@@]4(C)[C@H](CC(=O)OC)[C@]1(C)[C@@H]32. The number of rotatable bonds is 7. The number of esters is 3. The Morgan fingerprint density at radius 3 is 2.49 bits per heavy atom. The molecule has 1 unspecified atom stereocenters. The summed E-state index contributed by atoms with van der Waals surface area (Å²) in [5.41, 5.74) is 1.68. The van der Waals surface area contributed by atoms with Crippen molar-refractivity contribution in [2.24, 2.45) is 34.0 Å². The summed E-state index contributed by atoms with van der Waals surface area (Å²) >= 11 is 0. The Bertz CT molecular complexity index is 1320. The first kappa shape index (κ1) is 30.4. The average Bonchev–Trinajstić information content (AvgIpc) is 3.73. The van der Waals surface area contributed by atoms with Crippen molar-refractivity contribution in [2.45, 2.75) is 111 Å². The van der Waals surface area contributed by atoms with Gasteiger partial charge in [0.2, 0.25) is 0 Å². The van der Waals surface area contributed by atoms with Gasteiger partial charge in [0, 0.05) is 47.8 Å². The molecule has 1 aromatic heterocycles. The van der Waals surface area contributed by atoms with Crippen LogP contribution in [0.2, 0.25) is 0 Å². The van der Waals surface area contributed by atoms with Crippen LogP contribution in [-0.2, 0) is 38.1 Å². The number of carbonyl (C=O) groups excluding carboxylic acids is 3. The smallest absolute Gasteiger partial charge is 0.308 e. The molecule has 2 saturated carbocycles. The molecule has 0 spiro atoms. The van der Waals surface area contributed by atoms with Gasteiger partial charge in [-0.05, 0) is 42.9 Å². The molecule has 0 radical (unpaired) electrons. The van der Waals surface area contributed by atoms with Crippen molar-refractivity contribution in [1.82, 2.24) is 0 Å². The highest BCUT2D eigenvalue weighted by Gasteiger charge is 2.78. The van der Waals surface area contributed by atoms with E-state index in [4.69, 9.17) is 28.1 Å². The Morgan fingerprint density at radius 2 is 1.86 bits per heavy atom. The van der Waals surface area contributed by atoms with Crippen molar-refractivity contribution in [3.05, 3.63) is 35.3 Å². The maximum Gasteiger partial charge on any atom is 0.308 e. The summed E-state index contributed by atoms with van der Waals surface area (Å²) in [6.45, 7) is 14.3. The van der Waals surface area contributed by atoms with E-state index in [2.05, 4.69) is 27.7 Å². The van der Waals surface area contributed by atoms with Gasteiger partial charge in [-0.15, -0.1) is 0 Å². The van der Waals surface area contributed by atoms with Gasteiger partial charge in [-0.2, -0.15) is 0 Å². The Balaban J connectivity index is 1.54. The Morgan fingerprint density at radius 1 is 1.12 bits per heavy atom. The molecule has 6 rings (SSSR count). The number of fused-ring (bicyclic) bond motifs is 4. The topological polar surface area (TPSA) is 111 Å². The molecule has 5 aliphatic rings. The Labute approximate surface area is 254 Å². The molecule has 9 heteroatoms. The van der Waals surface area contributed by atoms with Crippen molar-refractivity contribution >= 4 is 17.9 Å². The van der Waals surface area contributed by atoms with E-state index in [1.54, 1.807) is 12.5 Å². The van der Waals surface area contributed by atoms with Crippen molar-refractivity contribution in [3.8, 4) is 0 Å². The van der Waals surface area contributed by atoms with Crippen LogP contribution in [0.4, 0.5) is 0 Å². The van der Waals surface area contributed by atoms with Crippen molar-refractivity contribution in [1.29, 1.82) is 0 Å². The number of carbonyl (C=O) groups is 3. The highest BCUT2D eigenvalue weighted by molar-refractivity contribution is 5.73. The zero-order valence-corrected chi connectivity index (χ0v) is 26.6. The number of allylic oxidation sites excluding steroid dienone is 1. The van der Waals surface area contributed by atoms with E-state index >= 15 is 0 Å². The first-order valence-electron chi connectivity index (χ1n) is 15.8. The normalized spacial score (nSPS) is 43.4. The van der Waals surface area contributed by atoms with Crippen LogP contribution >= 0.6 is 0 Å². The van der Waals surface area contributed by atoms with E-state index < -0.39 is 28.5 Å². The number of hydrogen-bond donors (Lipinski definition) is 0. The highest BCUT2D eigenvalue weighted by atomic mass is 16.6. The van der Waals surface area contributed by atoms with E-state index in [1.165, 1.54) is 25.2 Å². The molecule has 0 amide bonds. The van der Waals surface area contributed by atoms with Gasteiger partial charge in [-0.3, -0.25) is 14.4 Å². The molecule has 9 nitrogen and oxygen atoms in total. The van der Waals surface area contributed by atoms with Gasteiger partial charge in [0.15, 0.2) is 0 Å². The molecule has 2 saturated heterocycles. The Hall–Kier alpha value is -2.65. The monoisotopic (exact) mass is 598 g/mol. The summed E-state index contributed by atoms with van der Waals surface area (Å²) in [6.07, 6.45) is 3.46. The fourth-order valence-electron chi connectivity index (χ4n) is 10.1. The third-order valence-corrected chi connectivity index (χ3v) is 12.3. The second-order valence-corrected chi connectivity index (χ2v) is 14.3. The second kappa shape index (κ2) is 10.5. The molecule has 0 bridgehead atoms. The van der Waals surface area contributed by atoms with Crippen LogP contribution < -0.4 is 0 Å². The van der Waals surface area contributed by atoms with Crippen molar-refractivity contribution < 1.29 is 42.5 Å². The molecule has 1 aromatic rings. The zero-order chi connectivity index (χ0) is 31.1. The molecular weight excluding hydrogens is 552 g/mol. The molecule has 236 valence electrons. The van der Waals surface area contributed by atoms with Gasteiger partial charge in [0.1, 0.15) is 12.2 Å². The average molecular weight is 599 g/mol. The summed E-state index contributed by atoms with van der Waals surface area (Å²) in [6, 6.07) is 2.01. The predicted molar refractivity (Wildman–Crippen MR) is 155 cm³/mol. The zero-order valence-electron chi connectivity index (χ0n) is 26.6. The lowest BCUT2D eigenvalue weighted by atomic mass is 9.40. The second-order valence-electron chi connectivity index (χ2n) is 14.3. The molecule has 0 N–H and O–H groups in total. The third kappa shape index (κ3) is 4.20. The van der Waals surface area contributed by atoms with Crippen LogP contribution in [0.25, 0.3) is 0 Å². The number of ether oxygens (including phenoxy) is 5. The fraction of sp³-hybridized carbons (Fsp3) is 0.735. The van der Waals surface area contributed by atoms with Gasteiger partial charge in [0.05, 0.1) is 50.5 Å². The predicted octanol–water partition coefficient (Wildman–Crippen LogP) is 5.37. The number of methoxy groups -OCH3 is 1. The van der Waals surface area contributed by atoms with Gasteiger partial charge in [-0.1, -0.05) is 40.2 Å². The van der Waals surface area contributed by atoms with Gasteiger partial charge in [-0.25, -0.2) is 0 Å². The third-order valence-electron chi connectivity index (χ3n) is 12.3. The van der Waals surface area contributed by atoms with Gasteiger partial charge in [0.25, 0.3) is 0 Å². The summed E-state index contributed by atoms with van der Waals surface area (Å²) in [4.78, 5) is 39.1. The lowest BCUT2D eigenvalue weighted by Crippen LogP contribution is -2.71. The highest BCUT2D eigenvalue weighted by Crippen LogP contribution is 2.74. The molecule has 0 aromatic carbocycles. The molecule has 12 atom stereocenters. The van der Waals surface area contributed by atoms with Gasteiger partial charge < -0.3 is 28.1 Å². The molecule has 3 aliphatic carbocycles. The first-order valence-corrected chi connectivity index (χ1v) is 15.8. The molecular formula is C34H46O9. The maximum atomic E-state index is 13.5. The van der Waals surface area contributed by atoms with E-state index in [9.17, 15) is 14.4 Å². The van der Waals surface area contributed by atoms with Crippen LogP contribution in [0.1, 0.15) is 85.6 Å². The van der Waals surface area contributed by atoms with Crippen LogP contribution in [0, 0.1) is 34.0 Å². The standard InChI is InChI=1S/C34H46O9/c1-9-17(2)31(37)43-25-14-24(41-19(4)35)32(5)16-40-28-29(32)33(25,6)23(13-26(36)38-8)34(7)27-18(3)21(20-10-11-39-15-20)12-22(27)42-30(28)34/h10-11,15,17,21-25,28-30H,9,12-14,16H2,1-8H3/t17?,21-,22-,23-,24-,25+,28-,29+,30-,32-,33+,34-/m1/s1. The van der Waals surface area contributed by atoms with Crippen LogP contribution in [-0.4, -0.2) is 62.1 Å². The van der Waals surface area contributed by atoms with Crippen LogP contribution in [0.3, 0.4) is 0 Å². The molecule has 43 heavy (non-hydrogen) atoms. The Kier molecular flexibility index (Phi) is 7.40. The van der Waals surface area contributed by atoms with E-state index in [1.807, 2.05) is 19.9 Å². The lowest BCUT2D eigenvalue weighted by molar-refractivity contribution is -0.253. The van der Waals surface area contributed by atoms with E-state index in [0.29, 0.717) is 19.4 Å². The van der Waals surface area contributed by atoms with E-state index in [-0.39, 0.29) is 66.3 Å². The first-order chi connectivity index (χ1) is 20.3. The number of furan rings is 1. The molecule has 3 heterocycles. The minimum Gasteiger partial charge on any atom is -0.472 e. The lowest BCUT2D eigenvalue weighted by Gasteiger charge is -2.65. The minimum atomic E-state index is -0.714. The summed E-state index contributed by atoms with van der Waals surface area (Å²) in [5.74, 6) is -1.62. The van der Waals surface area contributed by atoms with Crippen LogP contribution in [0.15, 0.2) is 34.2 Å². The van der Waals surface area contributed by atoms with E-state index in [0.717, 1.165) is 12.0 Å². The minimum absolute atomic E-state index is 0.137. The quantitative estimate of drug-likeness (QED) is 0.232. The van der Waals surface area contributed by atoms with Crippen molar-refractivity contribution in [2.75, 3.05) is 13.7 Å². The van der Waals surface area contributed by atoms with Gasteiger partial charge >= 0.3 is 17.9 Å². The molecule has 2 aliphatic heterocycles. The summed E-state index contributed by atoms with van der Waals surface area (Å²) in [5, 5.41) is 0. The summed E-state index contributed by atoms with van der Waals surface area (Å²) in [7, 11) is 1.42.